The van der Waals surface area contributed by atoms with Crippen LogP contribution in [0.5, 0.6) is 5.75 Å². The van der Waals surface area contributed by atoms with Crippen molar-refractivity contribution in [2.75, 3.05) is 12.4 Å². The lowest BCUT2D eigenvalue weighted by molar-refractivity contribution is 0.102. The molecule has 0 spiro atoms. The number of aryl methyl sites for hydroxylation is 1. The van der Waals surface area contributed by atoms with E-state index in [1.807, 2.05) is 79.7 Å². The summed E-state index contributed by atoms with van der Waals surface area (Å²) in [7, 11) is 1.64. The Morgan fingerprint density at radius 3 is 2.32 bits per heavy atom. The van der Waals surface area contributed by atoms with Crippen LogP contribution in [0.15, 0.2) is 91.0 Å². The van der Waals surface area contributed by atoms with Crippen molar-refractivity contribution in [2.24, 2.45) is 0 Å². The molecule has 0 aliphatic rings. The summed E-state index contributed by atoms with van der Waals surface area (Å²) >= 11 is 1.67. The molecular formula is C32H25N3O2S. The molecule has 0 radical (unpaired) electrons. The molecule has 0 saturated heterocycles. The molecule has 4 aromatic carbocycles. The molecule has 2 aromatic heterocycles. The number of para-hydroxylation sites is 1. The molecule has 1 amide bonds. The van der Waals surface area contributed by atoms with Crippen LogP contribution >= 0.6 is 11.3 Å². The molecule has 0 aliphatic heterocycles. The highest BCUT2D eigenvalue weighted by Crippen LogP contribution is 2.33. The summed E-state index contributed by atoms with van der Waals surface area (Å²) in [5, 5.41) is 4.88. The van der Waals surface area contributed by atoms with Crippen LogP contribution in [0.3, 0.4) is 0 Å². The monoisotopic (exact) mass is 515 g/mol. The summed E-state index contributed by atoms with van der Waals surface area (Å²) in [5.74, 6) is 0.605. The van der Waals surface area contributed by atoms with Gasteiger partial charge in [0.1, 0.15) is 10.8 Å². The molecule has 6 heteroatoms. The van der Waals surface area contributed by atoms with Crippen molar-refractivity contribution in [1.29, 1.82) is 0 Å². The number of nitrogens with zero attached hydrogens (tertiary/aromatic N) is 2. The highest BCUT2D eigenvalue weighted by molar-refractivity contribution is 7.21. The molecule has 2 heterocycles. The molecule has 0 atom stereocenters. The van der Waals surface area contributed by atoms with Gasteiger partial charge in [-0.15, -0.1) is 11.3 Å². The van der Waals surface area contributed by atoms with Crippen LogP contribution in [0, 0.1) is 13.8 Å². The standard InChI is InChI=1S/C32H25N3O2S/c1-19-8-17-27-28(18-19)38-32(35-27)22-9-13-23(14-10-22)33-31(36)29-20(2)30(21-11-15-24(37-3)16-12-21)34-26-7-5-4-6-25(26)29/h4-18H,1-3H3,(H,33,36). The van der Waals surface area contributed by atoms with Gasteiger partial charge in [-0.05, 0) is 91.7 Å². The van der Waals surface area contributed by atoms with Gasteiger partial charge in [-0.25, -0.2) is 9.97 Å². The zero-order valence-electron chi connectivity index (χ0n) is 21.3. The van der Waals surface area contributed by atoms with Crippen molar-refractivity contribution >= 4 is 44.1 Å². The van der Waals surface area contributed by atoms with Gasteiger partial charge in [0.25, 0.3) is 5.91 Å². The van der Waals surface area contributed by atoms with E-state index in [-0.39, 0.29) is 5.91 Å². The first-order chi connectivity index (χ1) is 18.5. The number of carbonyl (C=O) groups is 1. The third kappa shape index (κ3) is 4.40. The minimum absolute atomic E-state index is 0.168. The minimum atomic E-state index is -0.168. The smallest absolute Gasteiger partial charge is 0.256 e. The van der Waals surface area contributed by atoms with Crippen LogP contribution < -0.4 is 10.1 Å². The highest BCUT2D eigenvalue weighted by Gasteiger charge is 2.19. The molecule has 0 bridgehead atoms. The van der Waals surface area contributed by atoms with Crippen LogP contribution in [0.1, 0.15) is 21.5 Å². The zero-order chi connectivity index (χ0) is 26.2. The summed E-state index contributed by atoms with van der Waals surface area (Å²) in [6.45, 7) is 4.04. The highest BCUT2D eigenvalue weighted by atomic mass is 32.1. The average Bonchev–Trinajstić information content (AvgIpc) is 3.36. The van der Waals surface area contributed by atoms with Crippen molar-refractivity contribution in [1.82, 2.24) is 9.97 Å². The molecule has 6 aromatic rings. The Morgan fingerprint density at radius 2 is 1.55 bits per heavy atom. The van der Waals surface area contributed by atoms with Gasteiger partial charge >= 0.3 is 0 Å². The summed E-state index contributed by atoms with van der Waals surface area (Å²) in [6.07, 6.45) is 0. The normalized spacial score (nSPS) is 11.1. The first-order valence-corrected chi connectivity index (χ1v) is 13.1. The average molecular weight is 516 g/mol. The SMILES string of the molecule is COc1ccc(-c2nc3ccccc3c(C(=O)Nc3ccc(-c4nc5ccc(C)cc5s4)cc3)c2C)cc1. The number of hydrogen-bond acceptors (Lipinski definition) is 5. The Labute approximate surface area is 224 Å². The Bertz CT molecular complexity index is 1810. The Kier molecular flexibility index (Phi) is 6.10. The number of pyridine rings is 1. The van der Waals surface area contributed by atoms with E-state index in [0.717, 1.165) is 55.2 Å². The number of ether oxygens (including phenoxy) is 1. The number of rotatable bonds is 5. The lowest BCUT2D eigenvalue weighted by Crippen LogP contribution is -2.15. The fourth-order valence-electron chi connectivity index (χ4n) is 4.67. The van der Waals surface area contributed by atoms with E-state index in [0.29, 0.717) is 5.56 Å². The third-order valence-electron chi connectivity index (χ3n) is 6.66. The first kappa shape index (κ1) is 23.8. The predicted molar refractivity (Wildman–Crippen MR) is 156 cm³/mol. The van der Waals surface area contributed by atoms with E-state index in [1.165, 1.54) is 10.3 Å². The van der Waals surface area contributed by atoms with E-state index >= 15 is 0 Å². The summed E-state index contributed by atoms with van der Waals surface area (Å²) in [6, 6.07) is 29.6. The summed E-state index contributed by atoms with van der Waals surface area (Å²) in [5.41, 5.74) is 7.89. The first-order valence-electron chi connectivity index (χ1n) is 12.3. The number of fused-ring (bicyclic) bond motifs is 2. The topological polar surface area (TPSA) is 64.1 Å². The molecule has 5 nitrogen and oxygen atoms in total. The number of aromatic nitrogens is 2. The van der Waals surface area contributed by atoms with Crippen molar-refractivity contribution < 1.29 is 9.53 Å². The third-order valence-corrected chi connectivity index (χ3v) is 7.73. The maximum absolute atomic E-state index is 13.7. The Morgan fingerprint density at radius 1 is 0.816 bits per heavy atom. The van der Waals surface area contributed by atoms with Gasteiger partial charge in [0, 0.05) is 22.2 Å². The van der Waals surface area contributed by atoms with Gasteiger partial charge in [-0.2, -0.15) is 0 Å². The largest absolute Gasteiger partial charge is 0.497 e. The predicted octanol–water partition coefficient (Wildman–Crippen LogP) is 8.06. The van der Waals surface area contributed by atoms with Crippen LogP contribution in [0.25, 0.3) is 42.9 Å². The second kappa shape index (κ2) is 9.72. The lowest BCUT2D eigenvalue weighted by Gasteiger charge is -2.15. The number of amides is 1. The fraction of sp³-hybridized carbons (Fsp3) is 0.0938. The molecule has 0 fully saturated rings. The summed E-state index contributed by atoms with van der Waals surface area (Å²) in [4.78, 5) is 23.3. The lowest BCUT2D eigenvalue weighted by atomic mass is 9.97. The van der Waals surface area contributed by atoms with Crippen LogP contribution in [0.2, 0.25) is 0 Å². The molecular weight excluding hydrogens is 490 g/mol. The van der Waals surface area contributed by atoms with E-state index in [9.17, 15) is 4.79 Å². The Hall–Kier alpha value is -4.55. The Balaban J connectivity index is 1.33. The number of hydrogen-bond donors (Lipinski definition) is 1. The number of carbonyl (C=O) groups excluding carboxylic acids is 1. The molecule has 6 rings (SSSR count). The van der Waals surface area contributed by atoms with E-state index in [2.05, 4.69) is 30.4 Å². The minimum Gasteiger partial charge on any atom is -0.497 e. The van der Waals surface area contributed by atoms with Gasteiger partial charge in [-0.3, -0.25) is 4.79 Å². The molecule has 186 valence electrons. The van der Waals surface area contributed by atoms with Gasteiger partial charge < -0.3 is 10.1 Å². The van der Waals surface area contributed by atoms with Crippen LogP contribution in [-0.4, -0.2) is 23.0 Å². The quantitative estimate of drug-likeness (QED) is 0.252. The van der Waals surface area contributed by atoms with Crippen molar-refractivity contribution in [3.8, 4) is 27.6 Å². The zero-order valence-corrected chi connectivity index (χ0v) is 22.1. The number of nitrogens with one attached hydrogen (secondary N) is 1. The van der Waals surface area contributed by atoms with Gasteiger partial charge in [-0.1, -0.05) is 24.3 Å². The number of benzene rings is 4. The van der Waals surface area contributed by atoms with Gasteiger partial charge in [0.15, 0.2) is 0 Å². The van der Waals surface area contributed by atoms with E-state index < -0.39 is 0 Å². The van der Waals surface area contributed by atoms with E-state index in [4.69, 9.17) is 14.7 Å². The maximum Gasteiger partial charge on any atom is 0.256 e. The van der Waals surface area contributed by atoms with Crippen molar-refractivity contribution in [3.05, 3.63) is 108 Å². The fourth-order valence-corrected chi connectivity index (χ4v) is 5.74. The maximum atomic E-state index is 13.7. The van der Waals surface area contributed by atoms with Crippen LogP contribution in [0.4, 0.5) is 5.69 Å². The molecule has 38 heavy (non-hydrogen) atoms. The number of thiazole rings is 1. The van der Waals surface area contributed by atoms with Gasteiger partial charge in [0.2, 0.25) is 0 Å². The molecule has 1 N–H and O–H groups in total. The number of anilines is 1. The van der Waals surface area contributed by atoms with Crippen LogP contribution in [-0.2, 0) is 0 Å². The van der Waals surface area contributed by atoms with E-state index in [1.54, 1.807) is 18.4 Å². The number of methoxy groups -OCH3 is 1. The summed E-state index contributed by atoms with van der Waals surface area (Å²) < 4.78 is 6.47. The van der Waals surface area contributed by atoms with Crippen molar-refractivity contribution in [3.63, 3.8) is 0 Å². The molecule has 0 unspecified atom stereocenters. The molecule has 0 saturated carbocycles. The second-order valence-electron chi connectivity index (χ2n) is 9.23. The van der Waals surface area contributed by atoms with Gasteiger partial charge in [0.05, 0.1) is 34.1 Å². The van der Waals surface area contributed by atoms with Crippen molar-refractivity contribution in [2.45, 2.75) is 13.8 Å². The second-order valence-corrected chi connectivity index (χ2v) is 10.3. The molecule has 0 aliphatic carbocycles.